The molecule has 0 spiro atoms. The Balaban J connectivity index is 1.61. The lowest BCUT2D eigenvalue weighted by atomic mass is 10.2. The van der Waals surface area contributed by atoms with Crippen LogP contribution >= 0.6 is 11.8 Å². The fourth-order valence-corrected chi connectivity index (χ4v) is 5.13. The van der Waals surface area contributed by atoms with Crippen molar-refractivity contribution in [2.75, 3.05) is 10.6 Å². The predicted octanol–water partition coefficient (Wildman–Crippen LogP) is 3.50. The quantitative estimate of drug-likeness (QED) is 0.836. The van der Waals surface area contributed by atoms with Crippen LogP contribution in [-0.4, -0.2) is 24.1 Å². The fourth-order valence-electron chi connectivity index (χ4n) is 2.34. The Bertz CT molecular complexity index is 937. The van der Waals surface area contributed by atoms with Crippen molar-refractivity contribution < 1.29 is 13.2 Å². The van der Waals surface area contributed by atoms with Crippen molar-refractivity contribution in [1.82, 2.24) is 0 Å². The minimum absolute atomic E-state index is 0.163. The number of carbonyl (C=O) groups is 1. The number of aryl methyl sites for hydroxylation is 2. The molecular weight excluding hydrogens is 370 g/mol. The van der Waals surface area contributed by atoms with Crippen LogP contribution in [0.25, 0.3) is 0 Å². The van der Waals surface area contributed by atoms with E-state index in [2.05, 4.69) is 15.0 Å². The second kappa shape index (κ2) is 7.51. The number of carbonyl (C=O) groups excluding carboxylic acids is 1. The Morgan fingerprint density at radius 2 is 1.54 bits per heavy atom. The van der Waals surface area contributed by atoms with Gasteiger partial charge in [0.1, 0.15) is 4.58 Å². The van der Waals surface area contributed by atoms with Gasteiger partial charge in [0.05, 0.1) is 6.42 Å². The number of amides is 1. The molecule has 136 valence electrons. The van der Waals surface area contributed by atoms with Crippen molar-refractivity contribution in [3.05, 3.63) is 59.7 Å². The summed E-state index contributed by atoms with van der Waals surface area (Å²) in [4.78, 5) is 12.2. The number of thioether (sulfide) groups is 1. The molecule has 8 heteroatoms. The molecule has 1 amide bonds. The fraction of sp³-hybridized carbons (Fsp3) is 0.222. The molecule has 6 nitrogen and oxygen atoms in total. The average Bonchev–Trinajstić information content (AvgIpc) is 2.85. The Labute approximate surface area is 157 Å². The van der Waals surface area contributed by atoms with Crippen molar-refractivity contribution in [2.24, 2.45) is 4.40 Å². The highest BCUT2D eigenvalue weighted by Gasteiger charge is 2.36. The van der Waals surface area contributed by atoms with E-state index in [0.29, 0.717) is 5.69 Å². The van der Waals surface area contributed by atoms with Gasteiger partial charge in [0.15, 0.2) is 5.17 Å². The largest absolute Gasteiger partial charge is 0.334 e. The Morgan fingerprint density at radius 1 is 1.00 bits per heavy atom. The molecular formula is C18H19N3O3S2. The molecule has 2 aromatic carbocycles. The summed E-state index contributed by atoms with van der Waals surface area (Å²) in [6.07, 6.45) is -0.163. The van der Waals surface area contributed by atoms with Crippen molar-refractivity contribution in [3.63, 3.8) is 0 Å². The number of amidine groups is 1. The van der Waals surface area contributed by atoms with Crippen LogP contribution in [0.4, 0.5) is 11.4 Å². The van der Waals surface area contributed by atoms with Gasteiger partial charge in [-0.25, -0.2) is 8.42 Å². The Hall–Kier alpha value is -2.32. The van der Waals surface area contributed by atoms with E-state index in [4.69, 9.17) is 0 Å². The lowest BCUT2D eigenvalue weighted by molar-refractivity contribution is -0.115. The number of benzene rings is 2. The topological polar surface area (TPSA) is 87.6 Å². The minimum Gasteiger partial charge on any atom is -0.334 e. The zero-order valence-electron chi connectivity index (χ0n) is 14.4. The predicted molar refractivity (Wildman–Crippen MR) is 107 cm³/mol. The van der Waals surface area contributed by atoms with E-state index in [1.54, 1.807) is 12.1 Å². The zero-order chi connectivity index (χ0) is 18.7. The van der Waals surface area contributed by atoms with Gasteiger partial charge in [-0.2, -0.15) is 0 Å². The van der Waals surface area contributed by atoms with E-state index in [0.717, 1.165) is 28.6 Å². The van der Waals surface area contributed by atoms with Gasteiger partial charge in [-0.15, -0.1) is 4.40 Å². The summed E-state index contributed by atoms with van der Waals surface area (Å²) in [7, 11) is -3.73. The van der Waals surface area contributed by atoms with E-state index in [-0.39, 0.29) is 17.5 Å². The molecule has 1 aliphatic rings. The van der Waals surface area contributed by atoms with Crippen molar-refractivity contribution in [3.8, 4) is 0 Å². The molecule has 0 aliphatic carbocycles. The van der Waals surface area contributed by atoms with Crippen LogP contribution in [0.3, 0.4) is 0 Å². The second-order valence-electron chi connectivity index (χ2n) is 6.07. The molecule has 1 heterocycles. The maximum Gasteiger partial charge on any atom is 0.268 e. The molecule has 0 saturated heterocycles. The molecule has 2 aromatic rings. The first-order valence-electron chi connectivity index (χ1n) is 8.02. The highest BCUT2D eigenvalue weighted by molar-refractivity contribution is 8.25. The van der Waals surface area contributed by atoms with E-state index < -0.39 is 14.6 Å². The number of nitrogens with zero attached hydrogens (tertiary/aromatic N) is 1. The van der Waals surface area contributed by atoms with E-state index in [1.807, 2.05) is 50.2 Å². The van der Waals surface area contributed by atoms with Crippen molar-refractivity contribution >= 4 is 44.2 Å². The normalized spacial score (nSPS) is 18.2. The highest BCUT2D eigenvalue weighted by Crippen LogP contribution is 2.32. The summed E-state index contributed by atoms with van der Waals surface area (Å²) in [5.74, 6) is -0.360. The Kier molecular flexibility index (Phi) is 5.33. The summed E-state index contributed by atoms with van der Waals surface area (Å²) in [5.41, 5.74) is 3.58. The third-order valence-corrected chi connectivity index (χ3v) is 7.02. The summed E-state index contributed by atoms with van der Waals surface area (Å²) in [5, 5.41) is 5.98. The number of anilines is 2. The van der Waals surface area contributed by atoms with Gasteiger partial charge in [-0.05, 0) is 38.1 Å². The molecule has 1 aliphatic heterocycles. The van der Waals surface area contributed by atoms with Crippen LogP contribution in [0, 0.1) is 13.8 Å². The van der Waals surface area contributed by atoms with Crippen molar-refractivity contribution in [1.29, 1.82) is 0 Å². The first-order chi connectivity index (χ1) is 12.3. The van der Waals surface area contributed by atoms with Crippen LogP contribution in [0.1, 0.15) is 17.5 Å². The monoisotopic (exact) mass is 389 g/mol. The Morgan fingerprint density at radius 3 is 2.12 bits per heavy atom. The summed E-state index contributed by atoms with van der Waals surface area (Å²) < 4.78 is 27.3. The van der Waals surface area contributed by atoms with Gasteiger partial charge in [0, 0.05) is 11.4 Å². The van der Waals surface area contributed by atoms with Gasteiger partial charge in [-0.3, -0.25) is 4.79 Å². The molecule has 0 fully saturated rings. The van der Waals surface area contributed by atoms with E-state index in [9.17, 15) is 13.2 Å². The van der Waals surface area contributed by atoms with E-state index >= 15 is 0 Å². The van der Waals surface area contributed by atoms with Gasteiger partial charge < -0.3 is 10.6 Å². The third-order valence-electron chi connectivity index (χ3n) is 3.78. The van der Waals surface area contributed by atoms with Crippen LogP contribution in [0.5, 0.6) is 0 Å². The van der Waals surface area contributed by atoms with Gasteiger partial charge in [-0.1, -0.05) is 47.2 Å². The highest BCUT2D eigenvalue weighted by atomic mass is 32.3. The molecule has 0 bridgehead atoms. The molecule has 0 radical (unpaired) electrons. The number of nitrogens with one attached hydrogen (secondary N) is 2. The van der Waals surface area contributed by atoms with Crippen LogP contribution < -0.4 is 10.6 Å². The maximum atomic E-state index is 12.2. The summed E-state index contributed by atoms with van der Waals surface area (Å²) in [6.45, 7) is 3.92. The molecule has 0 aromatic heterocycles. The lowest BCUT2D eigenvalue weighted by Gasteiger charge is -2.09. The van der Waals surface area contributed by atoms with Crippen LogP contribution in [0.2, 0.25) is 0 Å². The first-order valence-corrected chi connectivity index (χ1v) is 10.4. The molecule has 26 heavy (non-hydrogen) atoms. The smallest absolute Gasteiger partial charge is 0.268 e. The van der Waals surface area contributed by atoms with Gasteiger partial charge in [0.2, 0.25) is 5.91 Å². The molecule has 3 rings (SSSR count). The number of hydrogen-bond donors (Lipinski definition) is 2. The summed E-state index contributed by atoms with van der Waals surface area (Å²) >= 11 is 1.05. The standard InChI is InChI=1S/C18H19N3O3S2/c1-12-3-7-14(8-4-12)19-16(22)11-17-25-18(21-26(17,23)24)20-15-9-5-13(2)6-10-15/h3-10,17H,11H2,1-2H3,(H,19,22)(H,20,21). The van der Waals surface area contributed by atoms with Crippen LogP contribution in [-0.2, 0) is 14.8 Å². The molecule has 1 unspecified atom stereocenters. The van der Waals surface area contributed by atoms with Crippen LogP contribution in [0.15, 0.2) is 52.9 Å². The SMILES string of the molecule is Cc1ccc(NC(=O)CC2SC(Nc3ccc(C)cc3)=NS2(=O)=O)cc1. The molecule has 2 N–H and O–H groups in total. The number of hydrogen-bond acceptors (Lipinski definition) is 5. The number of rotatable bonds is 4. The molecule has 0 saturated carbocycles. The first kappa shape index (κ1) is 18.5. The second-order valence-corrected chi connectivity index (χ2v) is 9.34. The zero-order valence-corrected chi connectivity index (χ0v) is 16.0. The average molecular weight is 390 g/mol. The summed E-state index contributed by atoms with van der Waals surface area (Å²) in [6, 6.07) is 14.9. The molecule has 1 atom stereocenters. The van der Waals surface area contributed by atoms with Crippen molar-refractivity contribution in [2.45, 2.75) is 24.9 Å². The maximum absolute atomic E-state index is 12.2. The van der Waals surface area contributed by atoms with Gasteiger partial charge in [0.25, 0.3) is 10.0 Å². The van der Waals surface area contributed by atoms with Gasteiger partial charge >= 0.3 is 0 Å². The third kappa shape index (κ3) is 4.64. The van der Waals surface area contributed by atoms with E-state index in [1.165, 1.54) is 0 Å². The minimum atomic E-state index is -3.73. The lowest BCUT2D eigenvalue weighted by Crippen LogP contribution is -2.21. The number of sulfonamides is 1.